The minimum atomic E-state index is -2.13. The Kier molecular flexibility index (Phi) is 24.2. The third kappa shape index (κ3) is 13.9. The zero-order valence-corrected chi connectivity index (χ0v) is 14.4. The number of carboxylic acid groups (broad SMARTS) is 2. The Labute approximate surface area is 144 Å². The van der Waals surface area contributed by atoms with Crippen molar-refractivity contribution in [2.24, 2.45) is 0 Å². The molecule has 8 heteroatoms. The molecule has 0 aromatic carbocycles. The number of hydrogen-bond donors (Lipinski definition) is 1. The fourth-order valence-electron chi connectivity index (χ4n) is 0.297. The van der Waals surface area contributed by atoms with E-state index in [1.165, 1.54) is 12.8 Å². The predicted molar refractivity (Wildman–Crippen MR) is 45.9 cm³/mol. The van der Waals surface area contributed by atoms with E-state index in [1.807, 2.05) is 0 Å². The summed E-state index contributed by atoms with van der Waals surface area (Å²) >= 11 is 0. The average Bonchev–Trinajstić information content (AvgIpc) is 2.18. The van der Waals surface area contributed by atoms with Gasteiger partial charge in [-0.2, -0.15) is 5.26 Å². The Balaban J connectivity index is -0.000000123. The third-order valence-electron chi connectivity index (χ3n) is 1.25. The number of carbonyl (C=O) groups excluding carboxylic acids is 2. The molecule has 0 radical (unpaired) electrons. The van der Waals surface area contributed by atoms with Crippen molar-refractivity contribution in [2.45, 2.75) is 26.7 Å². The minimum absolute atomic E-state index is 0. The maximum atomic E-state index is 9.83. The zero-order valence-electron chi connectivity index (χ0n) is 10.4. The van der Waals surface area contributed by atoms with Gasteiger partial charge in [-0.25, -0.2) is 0 Å². The van der Waals surface area contributed by atoms with Crippen LogP contribution in [0.3, 0.4) is 0 Å². The van der Waals surface area contributed by atoms with Crippen LogP contribution in [-0.4, -0.2) is 17.0 Å². The summed E-state index contributed by atoms with van der Waals surface area (Å²) in [4.78, 5) is 19.6. The van der Waals surface area contributed by atoms with Crippen LogP contribution in [0.5, 0.6) is 0 Å². The fourth-order valence-corrected chi connectivity index (χ4v) is 0.297. The van der Waals surface area contributed by atoms with Crippen LogP contribution < -0.4 is 69.3 Å². The van der Waals surface area contributed by atoms with E-state index in [1.54, 1.807) is 0 Å². The second kappa shape index (κ2) is 16.0. The van der Waals surface area contributed by atoms with Crippen LogP contribution in [0.1, 0.15) is 26.7 Å². The number of carboxylic acids is 2. The molecule has 84 valence electrons. The number of unbranched alkanes of at least 4 members (excludes halogenated alkanes) is 1. The Morgan fingerprint density at radius 1 is 1.12 bits per heavy atom. The van der Waals surface area contributed by atoms with Gasteiger partial charge in [-0.1, -0.05) is 26.7 Å². The molecular weight excluding hydrogens is 248 g/mol. The molecule has 0 rings (SSSR count). The van der Waals surface area contributed by atoms with Crippen LogP contribution in [0.4, 0.5) is 0 Å². The van der Waals surface area contributed by atoms with Crippen molar-refractivity contribution in [2.75, 3.05) is 0 Å². The number of aliphatic hydroxyl groups excluding tert-OH is 1. The molecule has 0 aromatic heterocycles. The Hall–Kier alpha value is -0.0300. The van der Waals surface area contributed by atoms with Crippen molar-refractivity contribution in [3.05, 3.63) is 11.3 Å². The Morgan fingerprint density at radius 3 is 1.53 bits per heavy atom. The SMILES string of the molecule is CCCC.N#C/C(C(=O)[O-])=C(/O)C(=O)[O-].[Na+].[Na+]. The third-order valence-corrected chi connectivity index (χ3v) is 1.25. The van der Waals surface area contributed by atoms with Gasteiger partial charge in [0, 0.05) is 0 Å². The summed E-state index contributed by atoms with van der Waals surface area (Å²) in [6.45, 7) is 4.36. The predicted octanol–water partition coefficient (Wildman–Crippen LogP) is -7.36. The van der Waals surface area contributed by atoms with Crippen LogP contribution in [0.25, 0.3) is 0 Å². The molecule has 0 unspecified atom stereocenters. The summed E-state index contributed by atoms with van der Waals surface area (Å²) in [6.07, 6.45) is 2.64. The van der Waals surface area contributed by atoms with E-state index in [0.29, 0.717) is 0 Å². The first-order chi connectivity index (χ1) is 6.92. The normalized spacial score (nSPS) is 9.00. The monoisotopic (exact) mass is 259 g/mol. The molecule has 0 saturated heterocycles. The van der Waals surface area contributed by atoms with E-state index in [2.05, 4.69) is 13.8 Å². The molecule has 0 bridgehead atoms. The first-order valence-electron chi connectivity index (χ1n) is 4.18. The van der Waals surface area contributed by atoms with Crippen LogP contribution in [0, 0.1) is 11.3 Å². The van der Waals surface area contributed by atoms with Gasteiger partial charge in [-0.3, -0.25) is 0 Å². The van der Waals surface area contributed by atoms with Crippen LogP contribution in [0.15, 0.2) is 11.3 Å². The van der Waals surface area contributed by atoms with Crippen molar-refractivity contribution in [3.8, 4) is 6.07 Å². The molecule has 0 heterocycles. The molecule has 0 amide bonds. The van der Waals surface area contributed by atoms with Gasteiger partial charge in [-0.05, 0) is 0 Å². The topological polar surface area (TPSA) is 124 Å². The van der Waals surface area contributed by atoms with Gasteiger partial charge in [0.2, 0.25) is 0 Å². The van der Waals surface area contributed by atoms with Gasteiger partial charge >= 0.3 is 59.1 Å². The van der Waals surface area contributed by atoms with Crippen LogP contribution >= 0.6 is 0 Å². The van der Waals surface area contributed by atoms with Gasteiger partial charge in [-0.15, -0.1) is 0 Å². The first kappa shape index (κ1) is 25.7. The number of nitriles is 1. The minimum Gasteiger partial charge on any atom is -0.544 e. The van der Waals surface area contributed by atoms with E-state index < -0.39 is 23.3 Å². The summed E-state index contributed by atoms with van der Waals surface area (Å²) in [5.74, 6) is -5.83. The molecule has 0 saturated carbocycles. The van der Waals surface area contributed by atoms with Crippen molar-refractivity contribution in [1.29, 1.82) is 5.26 Å². The van der Waals surface area contributed by atoms with Crippen molar-refractivity contribution in [1.82, 2.24) is 0 Å². The van der Waals surface area contributed by atoms with Crippen molar-refractivity contribution >= 4 is 11.9 Å². The maximum absolute atomic E-state index is 9.83. The summed E-state index contributed by atoms with van der Waals surface area (Å²) < 4.78 is 0. The van der Waals surface area contributed by atoms with E-state index in [9.17, 15) is 19.8 Å². The number of carbonyl (C=O) groups is 2. The largest absolute Gasteiger partial charge is 1.00 e. The van der Waals surface area contributed by atoms with E-state index in [4.69, 9.17) is 10.4 Å². The number of rotatable bonds is 3. The van der Waals surface area contributed by atoms with Gasteiger partial charge in [0.1, 0.15) is 17.6 Å². The molecular formula is C9H11NNa2O5. The first-order valence-corrected chi connectivity index (χ1v) is 4.18. The number of aliphatic hydroxyl groups is 1. The van der Waals surface area contributed by atoms with Crippen LogP contribution in [-0.2, 0) is 9.59 Å². The molecule has 0 aliphatic carbocycles. The van der Waals surface area contributed by atoms with Gasteiger partial charge < -0.3 is 24.9 Å². The average molecular weight is 259 g/mol. The van der Waals surface area contributed by atoms with Crippen LogP contribution in [0.2, 0.25) is 0 Å². The molecule has 1 N–H and O–H groups in total. The van der Waals surface area contributed by atoms with Gasteiger partial charge in [0.25, 0.3) is 0 Å². The van der Waals surface area contributed by atoms with E-state index in [-0.39, 0.29) is 59.1 Å². The molecule has 0 spiro atoms. The maximum Gasteiger partial charge on any atom is 1.00 e. The Morgan fingerprint density at radius 2 is 1.47 bits per heavy atom. The van der Waals surface area contributed by atoms with Crippen molar-refractivity contribution in [3.63, 3.8) is 0 Å². The summed E-state index contributed by atoms with van der Waals surface area (Å²) in [6, 6.07) is 0.929. The van der Waals surface area contributed by atoms with E-state index in [0.717, 1.165) is 6.07 Å². The van der Waals surface area contributed by atoms with Gasteiger partial charge in [0.15, 0.2) is 5.76 Å². The summed E-state index contributed by atoms with van der Waals surface area (Å²) in [7, 11) is 0. The number of hydrogen-bond acceptors (Lipinski definition) is 6. The Bertz CT molecular complexity index is 307. The second-order valence-electron chi connectivity index (χ2n) is 2.41. The molecule has 17 heavy (non-hydrogen) atoms. The molecule has 6 nitrogen and oxygen atoms in total. The molecule has 0 aliphatic rings. The van der Waals surface area contributed by atoms with Crippen molar-refractivity contribution < 1.29 is 84.0 Å². The number of nitrogens with zero attached hydrogens (tertiary/aromatic N) is 1. The molecule has 0 atom stereocenters. The number of aliphatic carboxylic acids is 2. The molecule has 0 aromatic rings. The zero-order chi connectivity index (χ0) is 12.4. The molecule has 0 fully saturated rings. The standard InChI is InChI=1S/C5H3NO5.C4H10.2Na/c6-1-2(4(8)9)3(7)5(10)11;1-3-4-2;;/h7H,(H,8,9)(H,10,11);3-4H2,1-2H3;;/q;;2*+1/p-2/b3-2-;;;. The van der Waals surface area contributed by atoms with Gasteiger partial charge in [0.05, 0.1) is 5.97 Å². The quantitative estimate of drug-likeness (QED) is 0.232. The molecule has 0 aliphatic heterocycles. The van der Waals surface area contributed by atoms with E-state index >= 15 is 0 Å². The smallest absolute Gasteiger partial charge is 0.544 e. The fraction of sp³-hybridized carbons (Fsp3) is 0.444. The summed E-state index contributed by atoms with van der Waals surface area (Å²) in [5.41, 5.74) is -1.36. The summed E-state index contributed by atoms with van der Waals surface area (Å²) in [5, 5.41) is 35.8. The second-order valence-corrected chi connectivity index (χ2v) is 2.41.